The van der Waals surface area contributed by atoms with Gasteiger partial charge in [-0.25, -0.2) is 0 Å². The van der Waals surface area contributed by atoms with E-state index in [4.69, 9.17) is 0 Å². The number of hydrogen-bond acceptors (Lipinski definition) is 1. The number of anilines is 1. The summed E-state index contributed by atoms with van der Waals surface area (Å²) in [5, 5.41) is 0. The van der Waals surface area contributed by atoms with Crippen molar-refractivity contribution in [2.45, 2.75) is 6.92 Å². The van der Waals surface area contributed by atoms with Crippen LogP contribution >= 0.6 is 0 Å². The van der Waals surface area contributed by atoms with Gasteiger partial charge >= 0.3 is 18.9 Å². The van der Waals surface area contributed by atoms with E-state index in [9.17, 15) is 0 Å². The van der Waals surface area contributed by atoms with E-state index in [0.717, 1.165) is 13.1 Å². The Morgan fingerprint density at radius 1 is 1.38 bits per heavy atom. The van der Waals surface area contributed by atoms with E-state index in [1.165, 1.54) is 5.69 Å². The predicted molar refractivity (Wildman–Crippen MR) is 55.6 cm³/mol. The zero-order valence-electron chi connectivity index (χ0n) is 9.53. The second-order valence-corrected chi connectivity index (χ2v) is 2.66. The van der Waals surface area contributed by atoms with Crippen molar-refractivity contribution in [3.05, 3.63) is 43.0 Å². The third-order valence-electron chi connectivity index (χ3n) is 1.85. The van der Waals surface area contributed by atoms with Crippen molar-refractivity contribution in [3.63, 3.8) is 0 Å². The molecule has 0 bridgehead atoms. The predicted octanol–water partition coefficient (Wildman–Crippen LogP) is -0.185. The summed E-state index contributed by atoms with van der Waals surface area (Å²) >= 11 is 0. The van der Waals surface area contributed by atoms with Crippen LogP contribution in [0.2, 0.25) is 0 Å². The van der Waals surface area contributed by atoms with E-state index in [-0.39, 0.29) is 20.3 Å². The molecule has 0 aromatic heterocycles. The molecule has 1 aromatic carbocycles. The number of hydrogen-bond donors (Lipinski definition) is 0. The first-order valence-electron chi connectivity index (χ1n) is 4.29. The van der Waals surface area contributed by atoms with Crippen LogP contribution in [0.1, 0.15) is 8.35 Å². The molecule has 0 aliphatic rings. The minimum Gasteiger partial charge on any atom is -1.00 e. The largest absolute Gasteiger partial charge is 1.00 e. The van der Waals surface area contributed by atoms with Gasteiger partial charge in [-0.3, -0.25) is 0 Å². The SMILES string of the molecule is C=CCN(CC)c1ccccc1.[H-].[Li+]. The molecule has 66 valence electrons. The van der Waals surface area contributed by atoms with Gasteiger partial charge in [0.1, 0.15) is 0 Å². The van der Waals surface area contributed by atoms with Crippen LogP contribution in [0.15, 0.2) is 43.0 Å². The van der Waals surface area contributed by atoms with E-state index in [1.54, 1.807) is 0 Å². The van der Waals surface area contributed by atoms with E-state index >= 15 is 0 Å². The monoisotopic (exact) mass is 169 g/mol. The molecule has 0 fully saturated rings. The standard InChI is InChI=1S/C11H15N.Li.H/c1-3-10-12(4-2)11-8-6-5-7-9-11;;/h3,5-9H,1,4,10H2,2H3;;/q;+1;-1. The zero-order chi connectivity index (χ0) is 8.81. The summed E-state index contributed by atoms with van der Waals surface area (Å²) in [6.07, 6.45) is 1.93. The van der Waals surface area contributed by atoms with Crippen LogP contribution in [0.25, 0.3) is 0 Å². The number of benzene rings is 1. The molecule has 0 spiro atoms. The molecule has 2 heteroatoms. The van der Waals surface area contributed by atoms with Crippen LogP contribution in [-0.2, 0) is 0 Å². The fraction of sp³-hybridized carbons (Fsp3) is 0.273. The fourth-order valence-electron chi connectivity index (χ4n) is 1.21. The Kier molecular flexibility index (Phi) is 6.49. The second kappa shape index (κ2) is 6.83. The van der Waals surface area contributed by atoms with E-state index in [2.05, 4.69) is 42.7 Å². The molecule has 1 nitrogen and oxygen atoms in total. The van der Waals surface area contributed by atoms with Crippen molar-refractivity contribution in [3.8, 4) is 0 Å². The van der Waals surface area contributed by atoms with E-state index < -0.39 is 0 Å². The number of para-hydroxylation sites is 1. The molecule has 0 atom stereocenters. The maximum Gasteiger partial charge on any atom is 1.00 e. The molecule has 0 aliphatic carbocycles. The third kappa shape index (κ3) is 3.72. The van der Waals surface area contributed by atoms with Gasteiger partial charge < -0.3 is 6.33 Å². The second-order valence-electron chi connectivity index (χ2n) is 2.66. The Hall–Kier alpha value is -0.643. The summed E-state index contributed by atoms with van der Waals surface area (Å²) < 4.78 is 0. The maximum absolute atomic E-state index is 3.73. The minimum absolute atomic E-state index is 0. The van der Waals surface area contributed by atoms with E-state index in [1.807, 2.05) is 12.1 Å². The van der Waals surface area contributed by atoms with Crippen LogP contribution in [0.5, 0.6) is 0 Å². The van der Waals surface area contributed by atoms with Crippen molar-refractivity contribution in [2.75, 3.05) is 18.0 Å². The zero-order valence-corrected chi connectivity index (χ0v) is 8.53. The Morgan fingerprint density at radius 3 is 2.46 bits per heavy atom. The van der Waals surface area contributed by atoms with Crippen LogP contribution < -0.4 is 23.8 Å². The Labute approximate surface area is 94.1 Å². The average molecular weight is 169 g/mol. The van der Waals surface area contributed by atoms with Crippen LogP contribution in [-0.4, -0.2) is 13.1 Å². The molecule has 0 heterocycles. The van der Waals surface area contributed by atoms with Gasteiger partial charge in [0.25, 0.3) is 0 Å². The molecule has 0 unspecified atom stereocenters. The summed E-state index contributed by atoms with van der Waals surface area (Å²) in [6.45, 7) is 7.82. The Balaban J connectivity index is 0. The summed E-state index contributed by atoms with van der Waals surface area (Å²) in [6, 6.07) is 10.4. The van der Waals surface area contributed by atoms with Gasteiger partial charge in [0, 0.05) is 18.8 Å². The first-order valence-corrected chi connectivity index (χ1v) is 4.29. The summed E-state index contributed by atoms with van der Waals surface area (Å²) in [5.74, 6) is 0. The van der Waals surface area contributed by atoms with Gasteiger partial charge in [-0.15, -0.1) is 6.58 Å². The molecule has 0 aliphatic heterocycles. The summed E-state index contributed by atoms with van der Waals surface area (Å²) in [7, 11) is 0. The van der Waals surface area contributed by atoms with Crippen LogP contribution in [0.4, 0.5) is 5.69 Å². The van der Waals surface area contributed by atoms with Crippen LogP contribution in [0, 0.1) is 0 Å². The molecular weight excluding hydrogens is 153 g/mol. The van der Waals surface area contributed by atoms with Gasteiger partial charge in [0.2, 0.25) is 0 Å². The molecule has 0 saturated heterocycles. The van der Waals surface area contributed by atoms with Crippen molar-refractivity contribution < 1.29 is 20.3 Å². The van der Waals surface area contributed by atoms with Crippen molar-refractivity contribution in [2.24, 2.45) is 0 Å². The summed E-state index contributed by atoms with van der Waals surface area (Å²) in [5.41, 5.74) is 1.26. The van der Waals surface area contributed by atoms with E-state index in [0.29, 0.717) is 0 Å². The Morgan fingerprint density at radius 2 is 2.00 bits per heavy atom. The van der Waals surface area contributed by atoms with Gasteiger partial charge in [0.05, 0.1) is 0 Å². The number of rotatable bonds is 4. The fourth-order valence-corrected chi connectivity index (χ4v) is 1.21. The van der Waals surface area contributed by atoms with Crippen molar-refractivity contribution >= 4 is 5.69 Å². The minimum atomic E-state index is 0. The Bertz CT molecular complexity index is 238. The van der Waals surface area contributed by atoms with Crippen LogP contribution in [0.3, 0.4) is 0 Å². The molecular formula is C11H16LiN. The van der Waals surface area contributed by atoms with Gasteiger partial charge in [-0.1, -0.05) is 24.3 Å². The number of nitrogens with zero attached hydrogens (tertiary/aromatic N) is 1. The molecule has 0 radical (unpaired) electrons. The summed E-state index contributed by atoms with van der Waals surface area (Å²) in [4.78, 5) is 2.27. The average Bonchev–Trinajstić information content (AvgIpc) is 2.15. The molecule has 1 rings (SSSR count). The first kappa shape index (κ1) is 12.4. The molecule has 1 aromatic rings. The molecule has 0 N–H and O–H groups in total. The normalized spacial score (nSPS) is 8.69. The smallest absolute Gasteiger partial charge is 1.00 e. The maximum atomic E-state index is 3.73. The quantitative estimate of drug-likeness (QED) is 0.446. The van der Waals surface area contributed by atoms with Crippen molar-refractivity contribution in [1.82, 2.24) is 0 Å². The first-order chi connectivity index (χ1) is 5.88. The van der Waals surface area contributed by atoms with Gasteiger partial charge in [-0.2, -0.15) is 0 Å². The molecule has 0 amide bonds. The third-order valence-corrected chi connectivity index (χ3v) is 1.85. The van der Waals surface area contributed by atoms with Gasteiger partial charge in [0.15, 0.2) is 0 Å². The number of likely N-dealkylation sites (N-methyl/N-ethyl adjacent to an activating group) is 1. The molecule has 13 heavy (non-hydrogen) atoms. The van der Waals surface area contributed by atoms with Gasteiger partial charge in [-0.05, 0) is 19.1 Å². The van der Waals surface area contributed by atoms with Crippen molar-refractivity contribution in [1.29, 1.82) is 0 Å². The topological polar surface area (TPSA) is 3.24 Å². The molecule has 0 saturated carbocycles.